The number of aromatic nitrogens is 2. The van der Waals surface area contributed by atoms with Crippen molar-refractivity contribution >= 4 is 44.1 Å². The first kappa shape index (κ1) is 20.6. The molecule has 7 heteroatoms. The molecule has 0 radical (unpaired) electrons. The van der Waals surface area contributed by atoms with Crippen molar-refractivity contribution in [3.05, 3.63) is 63.8 Å². The van der Waals surface area contributed by atoms with Crippen molar-refractivity contribution in [2.75, 3.05) is 11.5 Å². The third-order valence-electron chi connectivity index (χ3n) is 5.20. The fraction of sp³-hybridized carbons (Fsp3) is 0.364. The first-order valence-corrected chi connectivity index (χ1v) is 12.9. The molecule has 0 spiro atoms. The van der Waals surface area contributed by atoms with Crippen LogP contribution in [0.2, 0.25) is 0 Å². The number of nitrogens with zero attached hydrogens (tertiary/aromatic N) is 2. The van der Waals surface area contributed by atoms with Gasteiger partial charge >= 0.3 is 0 Å². The molecule has 29 heavy (non-hydrogen) atoms. The van der Waals surface area contributed by atoms with Gasteiger partial charge in [0.25, 0.3) is 5.56 Å². The van der Waals surface area contributed by atoms with Gasteiger partial charge in [0, 0.05) is 27.8 Å². The van der Waals surface area contributed by atoms with Crippen molar-refractivity contribution < 1.29 is 4.21 Å². The standard InChI is InChI=1S/C22H24N2O2S3/c1-3-11-24-21(25)19-17-10-9-15(2)14-18(17)28-20(19)23-22(24)27-12-13-29(26)16-7-5-4-6-8-16/h3-8,15H,1,9-14H2,2H3/t15-,29+/m0/s1. The average Bonchev–Trinajstić information content (AvgIpc) is 3.08. The lowest BCUT2D eigenvalue weighted by Gasteiger charge is -2.17. The lowest BCUT2D eigenvalue weighted by atomic mass is 9.89. The summed E-state index contributed by atoms with van der Waals surface area (Å²) < 4.78 is 14.2. The van der Waals surface area contributed by atoms with Gasteiger partial charge in [-0.05, 0) is 42.9 Å². The molecule has 3 aromatic rings. The maximum atomic E-state index is 13.3. The van der Waals surface area contributed by atoms with Crippen LogP contribution >= 0.6 is 23.1 Å². The van der Waals surface area contributed by atoms with Crippen LogP contribution < -0.4 is 5.56 Å². The van der Waals surface area contributed by atoms with E-state index in [1.807, 2.05) is 30.3 Å². The number of allylic oxidation sites excluding steroid dienone is 1. The highest BCUT2D eigenvalue weighted by molar-refractivity contribution is 8.00. The molecule has 0 unspecified atom stereocenters. The molecule has 2 atom stereocenters. The highest BCUT2D eigenvalue weighted by Crippen LogP contribution is 2.36. The van der Waals surface area contributed by atoms with Gasteiger partial charge in [-0.2, -0.15) is 0 Å². The van der Waals surface area contributed by atoms with Gasteiger partial charge in [0.1, 0.15) is 4.83 Å². The van der Waals surface area contributed by atoms with E-state index < -0.39 is 10.8 Å². The van der Waals surface area contributed by atoms with E-state index in [1.54, 1.807) is 22.0 Å². The minimum absolute atomic E-state index is 0.0358. The van der Waals surface area contributed by atoms with Gasteiger partial charge in [-0.15, -0.1) is 17.9 Å². The van der Waals surface area contributed by atoms with E-state index in [1.165, 1.54) is 22.2 Å². The minimum atomic E-state index is -1.05. The molecule has 0 aliphatic heterocycles. The Labute approximate surface area is 181 Å². The third kappa shape index (κ3) is 4.27. The molecule has 4 rings (SSSR count). The topological polar surface area (TPSA) is 52.0 Å². The van der Waals surface area contributed by atoms with Crippen LogP contribution in [0.4, 0.5) is 0 Å². The molecule has 1 aliphatic carbocycles. The molecule has 0 bridgehead atoms. The molecule has 4 nitrogen and oxygen atoms in total. The number of hydrogen-bond donors (Lipinski definition) is 0. The van der Waals surface area contributed by atoms with Crippen LogP contribution in [0.1, 0.15) is 23.8 Å². The summed E-state index contributed by atoms with van der Waals surface area (Å²) in [5.41, 5.74) is 1.24. The van der Waals surface area contributed by atoms with Gasteiger partial charge in [-0.25, -0.2) is 4.98 Å². The van der Waals surface area contributed by atoms with Crippen molar-refractivity contribution in [3.8, 4) is 0 Å². The van der Waals surface area contributed by atoms with E-state index in [9.17, 15) is 9.00 Å². The monoisotopic (exact) mass is 444 g/mol. The van der Waals surface area contributed by atoms with Gasteiger partial charge in [-0.3, -0.25) is 13.6 Å². The smallest absolute Gasteiger partial charge is 0.263 e. The summed E-state index contributed by atoms with van der Waals surface area (Å²) >= 11 is 3.17. The first-order valence-electron chi connectivity index (χ1n) is 9.80. The Bertz CT molecular complexity index is 1120. The summed E-state index contributed by atoms with van der Waals surface area (Å²) in [7, 11) is -1.05. The van der Waals surface area contributed by atoms with Gasteiger partial charge in [0.2, 0.25) is 0 Å². The number of thioether (sulfide) groups is 1. The zero-order valence-corrected chi connectivity index (χ0v) is 18.9. The largest absolute Gasteiger partial charge is 0.283 e. The number of fused-ring (bicyclic) bond motifs is 3. The molecule has 1 aliphatic rings. The van der Waals surface area contributed by atoms with E-state index >= 15 is 0 Å². The Kier molecular flexibility index (Phi) is 6.37. The van der Waals surface area contributed by atoms with Crippen LogP contribution in [-0.4, -0.2) is 25.3 Å². The molecule has 0 saturated heterocycles. The van der Waals surface area contributed by atoms with Crippen molar-refractivity contribution in [1.29, 1.82) is 0 Å². The number of hydrogen-bond acceptors (Lipinski definition) is 5. The molecule has 0 fully saturated rings. The molecular weight excluding hydrogens is 420 g/mol. The number of aryl methyl sites for hydroxylation is 1. The molecule has 0 saturated carbocycles. The number of rotatable bonds is 7. The molecule has 2 heterocycles. The van der Waals surface area contributed by atoms with Crippen molar-refractivity contribution in [2.45, 2.75) is 42.8 Å². The van der Waals surface area contributed by atoms with Gasteiger partial charge in [0.15, 0.2) is 5.16 Å². The van der Waals surface area contributed by atoms with E-state index in [-0.39, 0.29) is 5.56 Å². The predicted molar refractivity (Wildman–Crippen MR) is 124 cm³/mol. The van der Waals surface area contributed by atoms with Crippen LogP contribution in [0, 0.1) is 5.92 Å². The maximum absolute atomic E-state index is 13.3. The second-order valence-corrected chi connectivity index (χ2v) is 11.1. The highest BCUT2D eigenvalue weighted by Gasteiger charge is 2.24. The fourth-order valence-electron chi connectivity index (χ4n) is 3.70. The van der Waals surface area contributed by atoms with Crippen LogP contribution in [0.15, 0.2) is 57.8 Å². The number of thiophene rings is 1. The summed E-state index contributed by atoms with van der Waals surface area (Å²) in [6.07, 6.45) is 4.86. The molecule has 1 aromatic carbocycles. The molecule has 0 N–H and O–H groups in total. The summed E-state index contributed by atoms with van der Waals surface area (Å²) in [6.45, 7) is 6.51. The molecular formula is C22H24N2O2S3. The zero-order chi connectivity index (χ0) is 20.4. The quantitative estimate of drug-likeness (QED) is 0.302. The maximum Gasteiger partial charge on any atom is 0.263 e. The second-order valence-electron chi connectivity index (χ2n) is 7.34. The van der Waals surface area contributed by atoms with Gasteiger partial charge in [0.05, 0.1) is 16.2 Å². The normalized spacial score (nSPS) is 17.2. The summed E-state index contributed by atoms with van der Waals surface area (Å²) in [6, 6.07) is 9.49. The first-order chi connectivity index (χ1) is 14.1. The van der Waals surface area contributed by atoms with Gasteiger partial charge < -0.3 is 0 Å². The van der Waals surface area contributed by atoms with E-state index in [2.05, 4.69) is 13.5 Å². The lowest BCUT2D eigenvalue weighted by molar-refractivity contribution is 0.509. The summed E-state index contributed by atoms with van der Waals surface area (Å²) in [4.78, 5) is 21.1. The minimum Gasteiger partial charge on any atom is -0.283 e. The van der Waals surface area contributed by atoms with Gasteiger partial charge in [-0.1, -0.05) is 43.0 Å². The van der Waals surface area contributed by atoms with Crippen LogP contribution in [0.3, 0.4) is 0 Å². The Morgan fingerprint density at radius 1 is 1.38 bits per heavy atom. The lowest BCUT2D eigenvalue weighted by Crippen LogP contribution is -2.23. The highest BCUT2D eigenvalue weighted by atomic mass is 32.2. The SMILES string of the molecule is C=CCn1c(SCC[S@@](=O)c2ccccc2)nc2sc3c(c2c1=O)CC[C@H](C)C3. The Hall–Kier alpha value is -1.70. The Morgan fingerprint density at radius 3 is 2.93 bits per heavy atom. The van der Waals surface area contributed by atoms with Crippen molar-refractivity contribution in [1.82, 2.24) is 9.55 Å². The fourth-order valence-corrected chi connectivity index (χ4v) is 7.42. The van der Waals surface area contributed by atoms with Crippen LogP contribution in [0.25, 0.3) is 10.2 Å². The van der Waals surface area contributed by atoms with Crippen molar-refractivity contribution in [2.24, 2.45) is 5.92 Å². The Morgan fingerprint density at radius 2 is 2.17 bits per heavy atom. The van der Waals surface area contributed by atoms with E-state index in [0.717, 1.165) is 34.4 Å². The third-order valence-corrected chi connectivity index (χ3v) is 8.96. The van der Waals surface area contributed by atoms with E-state index in [4.69, 9.17) is 4.98 Å². The van der Waals surface area contributed by atoms with E-state index in [0.29, 0.717) is 29.1 Å². The van der Waals surface area contributed by atoms with Crippen molar-refractivity contribution in [3.63, 3.8) is 0 Å². The Balaban J connectivity index is 1.61. The predicted octanol–water partition coefficient (Wildman–Crippen LogP) is 4.67. The average molecular weight is 445 g/mol. The number of benzene rings is 1. The zero-order valence-electron chi connectivity index (χ0n) is 16.4. The molecule has 0 amide bonds. The summed E-state index contributed by atoms with van der Waals surface area (Å²) in [5, 5.41) is 1.50. The second kappa shape index (κ2) is 8.98. The summed E-state index contributed by atoms with van der Waals surface area (Å²) in [5.74, 6) is 1.82. The van der Waals surface area contributed by atoms with Crippen LogP contribution in [0.5, 0.6) is 0 Å². The van der Waals surface area contributed by atoms with Crippen LogP contribution in [-0.2, 0) is 30.2 Å². The molecule has 152 valence electrons. The molecule has 2 aromatic heterocycles.